The van der Waals surface area contributed by atoms with E-state index >= 15 is 0 Å². The fourth-order valence-corrected chi connectivity index (χ4v) is 2.88. The lowest BCUT2D eigenvalue weighted by Crippen LogP contribution is -2.24. The third-order valence-electron chi connectivity index (χ3n) is 2.64. The molecule has 0 bridgehead atoms. The average Bonchev–Trinajstić information content (AvgIpc) is 2.41. The second-order valence-electron chi connectivity index (χ2n) is 4.13. The minimum Gasteiger partial charge on any atom is -0.398 e. The van der Waals surface area contributed by atoms with Gasteiger partial charge in [0.2, 0.25) is 10.0 Å². The van der Waals surface area contributed by atoms with Gasteiger partial charge in [0.15, 0.2) is 0 Å². The van der Waals surface area contributed by atoms with E-state index in [4.69, 9.17) is 17.3 Å². The van der Waals surface area contributed by atoms with Crippen LogP contribution in [-0.2, 0) is 16.6 Å². The molecule has 0 atom stereocenters. The number of benzene rings is 2. The van der Waals surface area contributed by atoms with Crippen molar-refractivity contribution in [1.82, 2.24) is 4.72 Å². The number of nitrogen functional groups attached to an aromatic ring is 1. The molecule has 0 aromatic heterocycles. The van der Waals surface area contributed by atoms with Gasteiger partial charge in [-0.3, -0.25) is 0 Å². The van der Waals surface area contributed by atoms with Gasteiger partial charge in [-0.1, -0.05) is 23.7 Å². The smallest absolute Gasteiger partial charge is 0.243 e. The van der Waals surface area contributed by atoms with Gasteiger partial charge in [-0.25, -0.2) is 17.5 Å². The van der Waals surface area contributed by atoms with Gasteiger partial charge in [0.05, 0.1) is 5.69 Å². The quantitative estimate of drug-likeness (QED) is 0.852. The van der Waals surface area contributed by atoms with E-state index in [0.717, 1.165) is 17.7 Å². The second-order valence-corrected chi connectivity index (χ2v) is 6.30. The lowest BCUT2D eigenvalue weighted by atomic mass is 10.2. The van der Waals surface area contributed by atoms with Gasteiger partial charge in [-0.05, 0) is 35.9 Å². The van der Waals surface area contributed by atoms with Crippen molar-refractivity contribution in [2.45, 2.75) is 11.4 Å². The third-order valence-corrected chi connectivity index (χ3v) is 4.35. The summed E-state index contributed by atoms with van der Waals surface area (Å²) in [7, 11) is -3.87. The molecule has 0 fully saturated rings. The highest BCUT2D eigenvalue weighted by Crippen LogP contribution is 2.19. The molecule has 0 unspecified atom stereocenters. The van der Waals surface area contributed by atoms with E-state index in [-0.39, 0.29) is 17.1 Å². The summed E-state index contributed by atoms with van der Waals surface area (Å²) in [6.45, 7) is 0.0649. The predicted octanol–water partition coefficient (Wildman–Crippen LogP) is 2.54. The molecule has 0 saturated heterocycles. The largest absolute Gasteiger partial charge is 0.398 e. The Labute approximate surface area is 121 Å². The normalized spacial score (nSPS) is 11.5. The molecule has 0 spiro atoms. The monoisotopic (exact) mass is 314 g/mol. The first kappa shape index (κ1) is 14.8. The number of sulfonamides is 1. The molecule has 2 aromatic carbocycles. The summed E-state index contributed by atoms with van der Waals surface area (Å²) in [6.07, 6.45) is 0. The van der Waals surface area contributed by atoms with Crippen molar-refractivity contribution in [2.75, 3.05) is 5.73 Å². The summed E-state index contributed by atoms with van der Waals surface area (Å²) in [5, 5.41) is 0.561. The predicted molar refractivity (Wildman–Crippen MR) is 76.3 cm³/mol. The van der Waals surface area contributed by atoms with Gasteiger partial charge in [-0.2, -0.15) is 0 Å². The Balaban J connectivity index is 2.19. The van der Waals surface area contributed by atoms with Crippen molar-refractivity contribution in [3.8, 4) is 0 Å². The Hall–Kier alpha value is -1.63. The van der Waals surface area contributed by atoms with E-state index < -0.39 is 15.8 Å². The van der Waals surface area contributed by atoms with E-state index in [1.165, 1.54) is 6.07 Å². The molecular formula is C13H12ClFN2O2S. The molecule has 20 heavy (non-hydrogen) atoms. The van der Waals surface area contributed by atoms with Crippen molar-refractivity contribution < 1.29 is 12.8 Å². The summed E-state index contributed by atoms with van der Waals surface area (Å²) in [4.78, 5) is -0.272. The van der Waals surface area contributed by atoms with Gasteiger partial charge in [0.25, 0.3) is 0 Å². The fraction of sp³-hybridized carbons (Fsp3) is 0.0769. The highest BCUT2D eigenvalue weighted by Gasteiger charge is 2.17. The Morgan fingerprint density at radius 3 is 2.45 bits per heavy atom. The zero-order chi connectivity index (χ0) is 14.8. The Morgan fingerprint density at radius 1 is 1.15 bits per heavy atom. The molecule has 0 aliphatic heterocycles. The third kappa shape index (κ3) is 3.47. The highest BCUT2D eigenvalue weighted by atomic mass is 35.5. The summed E-state index contributed by atoms with van der Waals surface area (Å²) < 4.78 is 39.6. The minimum absolute atomic E-state index is 0.00462. The van der Waals surface area contributed by atoms with Gasteiger partial charge >= 0.3 is 0 Å². The fourth-order valence-electron chi connectivity index (χ4n) is 1.60. The van der Waals surface area contributed by atoms with E-state index in [1.807, 2.05) is 0 Å². The summed E-state index contributed by atoms with van der Waals surface area (Å²) in [6, 6.07) is 9.91. The summed E-state index contributed by atoms with van der Waals surface area (Å²) >= 11 is 5.74. The molecule has 0 heterocycles. The van der Waals surface area contributed by atoms with Crippen LogP contribution >= 0.6 is 11.6 Å². The van der Waals surface area contributed by atoms with Gasteiger partial charge < -0.3 is 5.73 Å². The van der Waals surface area contributed by atoms with Crippen LogP contribution in [0.3, 0.4) is 0 Å². The van der Waals surface area contributed by atoms with Gasteiger partial charge in [0, 0.05) is 11.6 Å². The van der Waals surface area contributed by atoms with Crippen LogP contribution in [0.5, 0.6) is 0 Å². The number of rotatable bonds is 4. The van der Waals surface area contributed by atoms with Crippen LogP contribution in [-0.4, -0.2) is 8.42 Å². The number of hydrogen-bond donors (Lipinski definition) is 2. The van der Waals surface area contributed by atoms with E-state index in [1.54, 1.807) is 24.3 Å². The van der Waals surface area contributed by atoms with Crippen molar-refractivity contribution in [3.05, 3.63) is 58.9 Å². The van der Waals surface area contributed by atoms with Crippen LogP contribution < -0.4 is 10.5 Å². The van der Waals surface area contributed by atoms with Crippen LogP contribution in [0.2, 0.25) is 5.02 Å². The first-order chi connectivity index (χ1) is 9.38. The maximum absolute atomic E-state index is 13.1. The molecule has 4 nitrogen and oxygen atoms in total. The molecule has 2 rings (SSSR count). The topological polar surface area (TPSA) is 72.2 Å². The zero-order valence-electron chi connectivity index (χ0n) is 10.3. The molecule has 0 saturated carbocycles. The van der Waals surface area contributed by atoms with Crippen molar-refractivity contribution >= 4 is 27.3 Å². The zero-order valence-corrected chi connectivity index (χ0v) is 11.9. The lowest BCUT2D eigenvalue weighted by Gasteiger charge is -2.09. The van der Waals surface area contributed by atoms with Crippen LogP contribution in [0, 0.1) is 5.82 Å². The maximum Gasteiger partial charge on any atom is 0.243 e. The number of halogens is 2. The maximum atomic E-state index is 13.1. The van der Waals surface area contributed by atoms with Crippen LogP contribution in [0.25, 0.3) is 0 Å². The molecular weight excluding hydrogens is 303 g/mol. The van der Waals surface area contributed by atoms with Crippen molar-refractivity contribution in [1.29, 1.82) is 0 Å². The molecule has 0 aliphatic rings. The number of nitrogens with one attached hydrogen (secondary N) is 1. The molecule has 7 heteroatoms. The molecule has 3 N–H and O–H groups in total. The minimum atomic E-state index is -3.87. The Morgan fingerprint density at radius 2 is 1.80 bits per heavy atom. The Bertz CT molecular complexity index is 718. The highest BCUT2D eigenvalue weighted by molar-refractivity contribution is 7.89. The number of anilines is 1. The van der Waals surface area contributed by atoms with Crippen LogP contribution in [0.15, 0.2) is 47.4 Å². The average molecular weight is 315 g/mol. The molecule has 0 aliphatic carbocycles. The number of hydrogen-bond acceptors (Lipinski definition) is 3. The second kappa shape index (κ2) is 5.78. The van der Waals surface area contributed by atoms with E-state index in [9.17, 15) is 12.8 Å². The van der Waals surface area contributed by atoms with Crippen LogP contribution in [0.4, 0.5) is 10.1 Å². The van der Waals surface area contributed by atoms with Gasteiger partial charge in [-0.15, -0.1) is 0 Å². The SMILES string of the molecule is Nc1ccc(F)cc1S(=O)(=O)NCc1ccc(Cl)cc1. The summed E-state index contributed by atoms with van der Waals surface area (Å²) in [5.41, 5.74) is 6.29. The van der Waals surface area contributed by atoms with Crippen molar-refractivity contribution in [3.63, 3.8) is 0 Å². The first-order valence-electron chi connectivity index (χ1n) is 5.67. The first-order valence-corrected chi connectivity index (χ1v) is 7.54. The van der Waals surface area contributed by atoms with E-state index in [0.29, 0.717) is 5.02 Å². The lowest BCUT2D eigenvalue weighted by molar-refractivity contribution is 0.578. The molecule has 0 radical (unpaired) electrons. The van der Waals surface area contributed by atoms with Crippen molar-refractivity contribution in [2.24, 2.45) is 0 Å². The van der Waals surface area contributed by atoms with Gasteiger partial charge in [0.1, 0.15) is 10.7 Å². The molecule has 2 aromatic rings. The molecule has 106 valence electrons. The standard InChI is InChI=1S/C13H12ClFN2O2S/c14-10-3-1-9(2-4-10)8-17-20(18,19)13-7-11(15)5-6-12(13)16/h1-7,17H,8,16H2. The van der Waals surface area contributed by atoms with E-state index in [2.05, 4.69) is 4.72 Å². The van der Waals surface area contributed by atoms with Crippen LogP contribution in [0.1, 0.15) is 5.56 Å². The molecule has 0 amide bonds. The Kier molecular flexibility index (Phi) is 4.27. The summed E-state index contributed by atoms with van der Waals surface area (Å²) in [5.74, 6) is -0.661. The number of nitrogens with two attached hydrogens (primary N) is 1.